The van der Waals surface area contributed by atoms with E-state index in [9.17, 15) is 9.18 Å². The van der Waals surface area contributed by atoms with Crippen LogP contribution in [0.5, 0.6) is 0 Å². The van der Waals surface area contributed by atoms with Crippen LogP contribution in [0.1, 0.15) is 16.1 Å². The molecule has 1 amide bonds. The minimum absolute atomic E-state index is 0.278. The lowest BCUT2D eigenvalue weighted by molar-refractivity contribution is 0.102. The van der Waals surface area contributed by atoms with Gasteiger partial charge in [-0.25, -0.2) is 14.4 Å². The molecule has 0 atom stereocenters. The molecule has 1 aromatic heterocycles. The van der Waals surface area contributed by atoms with Crippen LogP contribution in [0.4, 0.5) is 21.7 Å². The molecule has 1 saturated heterocycles. The van der Waals surface area contributed by atoms with Crippen LogP contribution in [0, 0.1) is 12.7 Å². The normalized spacial score (nSPS) is 14.0. The number of carbonyl (C=O) groups is 1. The van der Waals surface area contributed by atoms with E-state index in [0.717, 1.165) is 26.2 Å². The van der Waals surface area contributed by atoms with Crippen molar-refractivity contribution < 1.29 is 9.18 Å². The Morgan fingerprint density at radius 1 is 1.00 bits per heavy atom. The summed E-state index contributed by atoms with van der Waals surface area (Å²) >= 11 is 0. The highest BCUT2D eigenvalue weighted by molar-refractivity contribution is 6.02. The lowest BCUT2D eigenvalue weighted by Gasteiger charge is -2.36. The van der Waals surface area contributed by atoms with E-state index in [1.54, 1.807) is 12.3 Å². The van der Waals surface area contributed by atoms with Crippen LogP contribution >= 0.6 is 0 Å². The maximum Gasteiger partial charge on any atom is 0.274 e. The number of halogens is 1. The average molecular weight is 391 g/mol. The molecule has 1 aliphatic rings. The Kier molecular flexibility index (Phi) is 5.37. The topological polar surface area (TPSA) is 61.4 Å². The first-order valence-corrected chi connectivity index (χ1v) is 9.55. The molecule has 2 aromatic carbocycles. The summed E-state index contributed by atoms with van der Waals surface area (Å²) in [4.78, 5) is 25.7. The number of nitrogens with one attached hydrogen (secondary N) is 1. The van der Waals surface area contributed by atoms with Crippen LogP contribution in [0.3, 0.4) is 0 Å². The fraction of sp³-hybridized carbons (Fsp3) is 0.227. The molecule has 0 saturated carbocycles. The Hall–Kier alpha value is -3.48. The number of anilines is 3. The van der Waals surface area contributed by atoms with Crippen LogP contribution in [0.15, 0.2) is 60.8 Å². The zero-order chi connectivity index (χ0) is 20.2. The minimum Gasteiger partial charge on any atom is -0.368 e. The Morgan fingerprint density at radius 2 is 1.72 bits per heavy atom. The van der Waals surface area contributed by atoms with Crippen molar-refractivity contribution >= 4 is 23.2 Å². The summed E-state index contributed by atoms with van der Waals surface area (Å²) in [6, 6.07) is 15.7. The van der Waals surface area contributed by atoms with Gasteiger partial charge in [-0.2, -0.15) is 0 Å². The summed E-state index contributed by atoms with van der Waals surface area (Å²) in [6.07, 6.45) is 1.59. The van der Waals surface area contributed by atoms with Crippen molar-refractivity contribution in [2.45, 2.75) is 6.92 Å². The van der Waals surface area contributed by atoms with E-state index >= 15 is 0 Å². The maximum atomic E-state index is 13.0. The van der Waals surface area contributed by atoms with Gasteiger partial charge in [-0.15, -0.1) is 0 Å². The van der Waals surface area contributed by atoms with Crippen LogP contribution < -0.4 is 15.1 Å². The highest BCUT2D eigenvalue weighted by atomic mass is 19.1. The molecule has 2 heterocycles. The second kappa shape index (κ2) is 8.26. The number of hydrogen-bond donors (Lipinski definition) is 1. The quantitative estimate of drug-likeness (QED) is 0.738. The predicted molar refractivity (Wildman–Crippen MR) is 112 cm³/mol. The van der Waals surface area contributed by atoms with E-state index in [0.29, 0.717) is 11.6 Å². The molecule has 148 valence electrons. The van der Waals surface area contributed by atoms with Crippen molar-refractivity contribution in [1.82, 2.24) is 9.97 Å². The van der Waals surface area contributed by atoms with E-state index in [-0.39, 0.29) is 17.4 Å². The van der Waals surface area contributed by atoms with Gasteiger partial charge in [-0.1, -0.05) is 12.1 Å². The fourth-order valence-electron chi connectivity index (χ4n) is 3.34. The second-order valence-corrected chi connectivity index (χ2v) is 7.02. The van der Waals surface area contributed by atoms with Crippen molar-refractivity contribution in [3.63, 3.8) is 0 Å². The molecule has 0 unspecified atom stereocenters. The number of nitrogens with zero attached hydrogens (tertiary/aromatic N) is 4. The largest absolute Gasteiger partial charge is 0.368 e. The number of carbonyl (C=O) groups excluding carboxylic acids is 1. The Balaban J connectivity index is 1.41. The van der Waals surface area contributed by atoms with Crippen LogP contribution in [0.2, 0.25) is 0 Å². The Morgan fingerprint density at radius 3 is 2.45 bits per heavy atom. The number of aromatic nitrogens is 2. The third kappa shape index (κ3) is 4.51. The summed E-state index contributed by atoms with van der Waals surface area (Å²) in [7, 11) is 0. The lowest BCUT2D eigenvalue weighted by Crippen LogP contribution is -2.47. The van der Waals surface area contributed by atoms with Gasteiger partial charge in [0.05, 0.1) is 0 Å². The zero-order valence-corrected chi connectivity index (χ0v) is 16.2. The molecule has 0 spiro atoms. The molecule has 0 bridgehead atoms. The minimum atomic E-state index is -0.350. The van der Waals surface area contributed by atoms with E-state index in [1.165, 1.54) is 35.5 Å². The van der Waals surface area contributed by atoms with E-state index < -0.39 is 0 Å². The van der Waals surface area contributed by atoms with Crippen molar-refractivity contribution in [3.05, 3.63) is 77.9 Å². The van der Waals surface area contributed by atoms with Crippen LogP contribution in [0.25, 0.3) is 0 Å². The predicted octanol–water partition coefficient (Wildman–Crippen LogP) is 3.50. The lowest BCUT2D eigenvalue weighted by atomic mass is 10.2. The van der Waals surface area contributed by atoms with Crippen molar-refractivity contribution in [2.75, 3.05) is 41.3 Å². The van der Waals surface area contributed by atoms with Gasteiger partial charge in [0.1, 0.15) is 11.5 Å². The monoisotopic (exact) mass is 391 g/mol. The summed E-state index contributed by atoms with van der Waals surface area (Å²) in [6.45, 7) is 5.36. The van der Waals surface area contributed by atoms with Crippen molar-refractivity contribution in [3.8, 4) is 0 Å². The van der Waals surface area contributed by atoms with Crippen molar-refractivity contribution in [2.24, 2.45) is 0 Å². The zero-order valence-electron chi connectivity index (χ0n) is 16.2. The molecule has 29 heavy (non-hydrogen) atoms. The molecule has 6 nitrogen and oxygen atoms in total. The molecule has 4 rings (SSSR count). The number of rotatable bonds is 4. The molecule has 1 fully saturated rings. The third-order valence-electron chi connectivity index (χ3n) is 4.91. The van der Waals surface area contributed by atoms with Gasteiger partial charge in [-0.05, 0) is 55.0 Å². The van der Waals surface area contributed by atoms with Crippen LogP contribution in [-0.2, 0) is 0 Å². The van der Waals surface area contributed by atoms with Gasteiger partial charge in [0.15, 0.2) is 0 Å². The Bertz CT molecular complexity index is 1000. The van der Waals surface area contributed by atoms with Gasteiger partial charge in [0.2, 0.25) is 5.95 Å². The average Bonchev–Trinajstić information content (AvgIpc) is 2.75. The first-order chi connectivity index (χ1) is 14.1. The second-order valence-electron chi connectivity index (χ2n) is 7.02. The van der Waals surface area contributed by atoms with Gasteiger partial charge < -0.3 is 15.1 Å². The summed E-state index contributed by atoms with van der Waals surface area (Å²) in [5, 5.41) is 2.73. The van der Waals surface area contributed by atoms with Gasteiger partial charge in [-0.3, -0.25) is 4.79 Å². The summed E-state index contributed by atoms with van der Waals surface area (Å²) in [5.74, 6) is -0.156. The summed E-state index contributed by atoms with van der Waals surface area (Å²) < 4.78 is 13.0. The van der Waals surface area contributed by atoms with E-state index in [4.69, 9.17) is 0 Å². The smallest absolute Gasteiger partial charge is 0.274 e. The number of hydrogen-bond acceptors (Lipinski definition) is 5. The van der Waals surface area contributed by atoms with Crippen molar-refractivity contribution in [1.29, 1.82) is 0 Å². The number of aryl methyl sites for hydroxylation is 1. The molecular formula is C22H22FN5O. The first kappa shape index (κ1) is 18.9. The molecule has 7 heteroatoms. The van der Waals surface area contributed by atoms with E-state index in [2.05, 4.69) is 56.3 Å². The molecule has 3 aromatic rings. The van der Waals surface area contributed by atoms with Gasteiger partial charge in [0.25, 0.3) is 5.91 Å². The number of piperazine rings is 1. The number of benzene rings is 2. The fourth-order valence-corrected chi connectivity index (χ4v) is 3.34. The molecule has 0 radical (unpaired) electrons. The molecule has 1 N–H and O–H groups in total. The Labute approximate surface area is 169 Å². The number of amides is 1. The maximum absolute atomic E-state index is 13.0. The van der Waals surface area contributed by atoms with Gasteiger partial charge >= 0.3 is 0 Å². The standard InChI is InChI=1S/C22H22FN5O/c1-16-3-2-4-19(15-16)27-11-13-28(14-12-27)22-24-10-9-20(26-22)21(29)25-18-7-5-17(23)6-8-18/h2-10,15H,11-14H2,1H3,(H,25,29). The van der Waals surface area contributed by atoms with Gasteiger partial charge in [0, 0.05) is 43.8 Å². The SMILES string of the molecule is Cc1cccc(N2CCN(c3nccc(C(=O)Nc4ccc(F)cc4)n3)CC2)c1. The molecule has 1 aliphatic heterocycles. The first-order valence-electron chi connectivity index (χ1n) is 9.55. The highest BCUT2D eigenvalue weighted by Gasteiger charge is 2.20. The molecular weight excluding hydrogens is 369 g/mol. The van der Waals surface area contributed by atoms with Crippen LogP contribution in [-0.4, -0.2) is 42.1 Å². The van der Waals surface area contributed by atoms with E-state index in [1.807, 2.05) is 0 Å². The third-order valence-corrected chi connectivity index (χ3v) is 4.91. The highest BCUT2D eigenvalue weighted by Crippen LogP contribution is 2.20. The summed E-state index contributed by atoms with van der Waals surface area (Å²) in [5.41, 5.74) is 3.26. The molecule has 0 aliphatic carbocycles.